The number of amides is 1. The molecule has 148 valence electrons. The van der Waals surface area contributed by atoms with Gasteiger partial charge in [0.15, 0.2) is 0 Å². The second kappa shape index (κ2) is 8.44. The molecule has 0 N–H and O–H groups in total. The second-order valence-electron chi connectivity index (χ2n) is 7.46. The Kier molecular flexibility index (Phi) is 5.95. The van der Waals surface area contributed by atoms with Crippen molar-refractivity contribution in [3.05, 3.63) is 63.6 Å². The molecule has 0 aliphatic carbocycles. The molecule has 0 radical (unpaired) electrons. The summed E-state index contributed by atoms with van der Waals surface area (Å²) in [5.74, 6) is 0.240. The van der Waals surface area contributed by atoms with E-state index in [1.807, 2.05) is 35.2 Å². The average Bonchev–Trinajstić information content (AvgIpc) is 2.74. The minimum Gasteiger partial charge on any atom is -0.381 e. The van der Waals surface area contributed by atoms with Crippen LogP contribution in [0.5, 0.6) is 0 Å². The third-order valence-electron chi connectivity index (χ3n) is 5.89. The molecule has 2 aromatic rings. The van der Waals surface area contributed by atoms with Gasteiger partial charge in [-0.2, -0.15) is 0 Å². The number of nitrogens with zero attached hydrogens (tertiary/aromatic N) is 2. The first-order chi connectivity index (χ1) is 13.6. The third kappa shape index (κ3) is 3.93. The fraction of sp³-hybridized carbons (Fsp3) is 0.409. The standard InChI is InChI=1S/C22H24BrClN2O2/c23-18-6-4-17(5-7-18)22(8-14-28-15-9-22)21(27)26-12-10-25(11-13-26)20-3-1-2-19(24)16-20/h1-7,16H,8-15H2. The third-order valence-corrected chi connectivity index (χ3v) is 6.66. The lowest BCUT2D eigenvalue weighted by molar-refractivity contribution is -0.141. The van der Waals surface area contributed by atoms with Gasteiger partial charge >= 0.3 is 0 Å². The fourth-order valence-corrected chi connectivity index (χ4v) is 4.71. The molecular formula is C22H24BrClN2O2. The molecule has 2 saturated heterocycles. The molecular weight excluding hydrogens is 440 g/mol. The van der Waals surface area contributed by atoms with E-state index < -0.39 is 5.41 Å². The molecule has 0 aromatic heterocycles. The molecule has 28 heavy (non-hydrogen) atoms. The van der Waals surface area contributed by atoms with Crippen LogP contribution in [0.25, 0.3) is 0 Å². The largest absolute Gasteiger partial charge is 0.381 e. The molecule has 2 fully saturated rings. The summed E-state index contributed by atoms with van der Waals surface area (Å²) >= 11 is 9.64. The van der Waals surface area contributed by atoms with Crippen LogP contribution in [0.3, 0.4) is 0 Å². The number of piperazine rings is 1. The quantitative estimate of drug-likeness (QED) is 0.672. The number of rotatable bonds is 3. The lowest BCUT2D eigenvalue weighted by atomic mass is 9.73. The Bertz CT molecular complexity index is 829. The van der Waals surface area contributed by atoms with Gasteiger partial charge in [-0.25, -0.2) is 0 Å². The maximum absolute atomic E-state index is 13.7. The lowest BCUT2D eigenvalue weighted by Crippen LogP contribution is -2.56. The molecule has 0 unspecified atom stereocenters. The molecule has 0 atom stereocenters. The van der Waals surface area contributed by atoms with Gasteiger partial charge in [0.2, 0.25) is 5.91 Å². The summed E-state index contributed by atoms with van der Waals surface area (Å²) < 4.78 is 6.62. The highest BCUT2D eigenvalue weighted by molar-refractivity contribution is 9.10. The van der Waals surface area contributed by atoms with Crippen LogP contribution >= 0.6 is 27.5 Å². The number of hydrogen-bond acceptors (Lipinski definition) is 3. The summed E-state index contributed by atoms with van der Waals surface area (Å²) in [6.45, 7) is 4.35. The maximum atomic E-state index is 13.7. The van der Waals surface area contributed by atoms with Crippen molar-refractivity contribution in [1.82, 2.24) is 4.90 Å². The number of ether oxygens (including phenoxy) is 1. The summed E-state index contributed by atoms with van der Waals surface area (Å²) in [7, 11) is 0. The molecule has 0 saturated carbocycles. The van der Waals surface area contributed by atoms with Gasteiger partial charge < -0.3 is 14.5 Å². The summed E-state index contributed by atoms with van der Waals surface area (Å²) in [4.78, 5) is 18.0. The summed E-state index contributed by atoms with van der Waals surface area (Å²) in [5, 5.41) is 0.743. The Morgan fingerprint density at radius 1 is 1.00 bits per heavy atom. The summed E-state index contributed by atoms with van der Waals surface area (Å²) in [5.41, 5.74) is 1.74. The number of carbonyl (C=O) groups is 1. The van der Waals surface area contributed by atoms with Crippen LogP contribution in [0.15, 0.2) is 53.0 Å². The Morgan fingerprint density at radius 2 is 1.68 bits per heavy atom. The first-order valence-corrected chi connectivity index (χ1v) is 10.9. The van der Waals surface area contributed by atoms with Gasteiger partial charge in [-0.1, -0.05) is 45.7 Å². The topological polar surface area (TPSA) is 32.8 Å². The van der Waals surface area contributed by atoms with E-state index in [-0.39, 0.29) is 5.91 Å². The first-order valence-electron chi connectivity index (χ1n) is 9.72. The van der Waals surface area contributed by atoms with Crippen LogP contribution in [-0.4, -0.2) is 50.2 Å². The second-order valence-corrected chi connectivity index (χ2v) is 8.81. The Morgan fingerprint density at radius 3 is 2.32 bits per heavy atom. The molecule has 6 heteroatoms. The summed E-state index contributed by atoms with van der Waals surface area (Å²) in [6, 6.07) is 16.1. The first kappa shape index (κ1) is 19.7. The zero-order valence-electron chi connectivity index (χ0n) is 15.7. The van der Waals surface area contributed by atoms with Crippen molar-refractivity contribution in [3.63, 3.8) is 0 Å². The molecule has 0 spiro atoms. The van der Waals surface area contributed by atoms with Crippen molar-refractivity contribution in [2.75, 3.05) is 44.3 Å². The Hall–Kier alpha value is -1.56. The molecule has 4 nitrogen and oxygen atoms in total. The van der Waals surface area contributed by atoms with Crippen LogP contribution in [0, 0.1) is 0 Å². The normalized spacial score (nSPS) is 19.5. The highest BCUT2D eigenvalue weighted by Gasteiger charge is 2.44. The van der Waals surface area contributed by atoms with Crippen molar-refractivity contribution in [1.29, 1.82) is 0 Å². The minimum absolute atomic E-state index is 0.240. The lowest BCUT2D eigenvalue weighted by Gasteiger charge is -2.43. The predicted octanol–water partition coefficient (Wildman–Crippen LogP) is 4.50. The van der Waals surface area contributed by atoms with Gasteiger partial charge in [0.05, 0.1) is 5.41 Å². The highest BCUT2D eigenvalue weighted by Crippen LogP contribution is 2.37. The van der Waals surface area contributed by atoms with Crippen molar-refractivity contribution in [2.24, 2.45) is 0 Å². The highest BCUT2D eigenvalue weighted by atomic mass is 79.9. The van der Waals surface area contributed by atoms with Gasteiger partial charge in [-0.15, -0.1) is 0 Å². The van der Waals surface area contributed by atoms with E-state index in [1.54, 1.807) is 0 Å². The van der Waals surface area contributed by atoms with E-state index in [1.165, 1.54) is 0 Å². The maximum Gasteiger partial charge on any atom is 0.233 e. The number of carbonyl (C=O) groups excluding carboxylic acids is 1. The van der Waals surface area contributed by atoms with Crippen LogP contribution in [0.4, 0.5) is 5.69 Å². The molecule has 0 bridgehead atoms. The van der Waals surface area contributed by atoms with E-state index in [2.05, 4.69) is 39.0 Å². The number of benzene rings is 2. The van der Waals surface area contributed by atoms with E-state index >= 15 is 0 Å². The number of anilines is 1. The number of halogens is 2. The SMILES string of the molecule is O=C(N1CCN(c2cccc(Cl)c2)CC1)C1(c2ccc(Br)cc2)CCOCC1. The van der Waals surface area contributed by atoms with Crippen molar-refractivity contribution in [3.8, 4) is 0 Å². The van der Waals surface area contributed by atoms with Gasteiger partial charge in [0, 0.05) is 54.6 Å². The molecule has 1 amide bonds. The van der Waals surface area contributed by atoms with Crippen molar-refractivity contribution >= 4 is 39.1 Å². The number of hydrogen-bond donors (Lipinski definition) is 0. The van der Waals surface area contributed by atoms with Crippen LogP contribution in [-0.2, 0) is 14.9 Å². The van der Waals surface area contributed by atoms with E-state index in [0.29, 0.717) is 13.2 Å². The van der Waals surface area contributed by atoms with Crippen LogP contribution in [0.1, 0.15) is 18.4 Å². The van der Waals surface area contributed by atoms with Crippen molar-refractivity contribution < 1.29 is 9.53 Å². The molecule has 2 heterocycles. The Balaban J connectivity index is 1.51. The Labute approximate surface area is 179 Å². The molecule has 2 aliphatic heterocycles. The van der Waals surface area contributed by atoms with Crippen molar-refractivity contribution in [2.45, 2.75) is 18.3 Å². The van der Waals surface area contributed by atoms with Gasteiger partial charge in [0.25, 0.3) is 0 Å². The molecule has 2 aliphatic rings. The zero-order valence-corrected chi connectivity index (χ0v) is 18.1. The average molecular weight is 464 g/mol. The predicted molar refractivity (Wildman–Crippen MR) is 116 cm³/mol. The van der Waals surface area contributed by atoms with E-state index in [0.717, 1.165) is 59.8 Å². The van der Waals surface area contributed by atoms with Gasteiger partial charge in [0.1, 0.15) is 0 Å². The van der Waals surface area contributed by atoms with Gasteiger partial charge in [-0.3, -0.25) is 4.79 Å². The minimum atomic E-state index is -0.475. The summed E-state index contributed by atoms with van der Waals surface area (Å²) in [6.07, 6.45) is 1.48. The molecule has 2 aromatic carbocycles. The smallest absolute Gasteiger partial charge is 0.233 e. The molecule has 4 rings (SSSR count). The zero-order chi connectivity index (χ0) is 19.6. The monoisotopic (exact) mass is 462 g/mol. The van der Waals surface area contributed by atoms with Gasteiger partial charge in [-0.05, 0) is 48.7 Å². The van der Waals surface area contributed by atoms with Crippen LogP contribution in [0.2, 0.25) is 5.02 Å². The van der Waals surface area contributed by atoms with E-state index in [4.69, 9.17) is 16.3 Å². The fourth-order valence-electron chi connectivity index (χ4n) is 4.26. The van der Waals surface area contributed by atoms with E-state index in [9.17, 15) is 4.79 Å². The van der Waals surface area contributed by atoms with Crippen LogP contribution < -0.4 is 4.90 Å².